The van der Waals surface area contributed by atoms with Gasteiger partial charge in [0.1, 0.15) is 11.8 Å². The smallest absolute Gasteiger partial charge is 0.351 e. The van der Waals surface area contributed by atoms with Crippen LogP contribution in [0.1, 0.15) is 0 Å². The Morgan fingerprint density at radius 2 is 2.15 bits per heavy atom. The van der Waals surface area contributed by atoms with Crippen LogP contribution in [0.3, 0.4) is 0 Å². The zero-order chi connectivity index (χ0) is 10.2. The number of hydrogen-bond donors (Lipinski definition) is 1. The molecule has 1 aliphatic rings. The monoisotopic (exact) mass is 215 g/mol. The third-order valence-corrected chi connectivity index (χ3v) is 1.70. The summed E-state index contributed by atoms with van der Waals surface area (Å²) < 4.78 is 36.2. The van der Waals surface area contributed by atoms with E-state index in [9.17, 15) is 18.0 Å². The summed E-state index contributed by atoms with van der Waals surface area (Å²) in [6.45, 7) is -0.697. The number of alkyl halides is 3. The van der Waals surface area contributed by atoms with E-state index in [0.29, 0.717) is 4.90 Å². The maximum absolute atomic E-state index is 12.1. The van der Waals surface area contributed by atoms with E-state index in [-0.39, 0.29) is 4.90 Å². The standard InChI is InChI=1S/C5H5ClF3N3O/c6-3-1-11(4(10)13)2-12(3)5(7,8)9/h1H,2H2,(H2,10,13). The normalized spacial score (nSPS) is 17.7. The molecule has 0 saturated heterocycles. The summed E-state index contributed by atoms with van der Waals surface area (Å²) in [5.41, 5.74) is 4.76. The maximum atomic E-state index is 12.1. The van der Waals surface area contributed by atoms with Gasteiger partial charge in [-0.2, -0.15) is 0 Å². The first-order valence-electron chi connectivity index (χ1n) is 3.10. The molecule has 0 aromatic heterocycles. The van der Waals surface area contributed by atoms with Crippen molar-refractivity contribution in [3.05, 3.63) is 11.4 Å². The maximum Gasteiger partial charge on any atom is 0.487 e. The molecule has 2 N–H and O–H groups in total. The van der Waals surface area contributed by atoms with Gasteiger partial charge in [-0.25, -0.2) is 4.79 Å². The van der Waals surface area contributed by atoms with Crippen molar-refractivity contribution in [2.45, 2.75) is 6.30 Å². The van der Waals surface area contributed by atoms with Gasteiger partial charge < -0.3 is 5.73 Å². The van der Waals surface area contributed by atoms with Gasteiger partial charge in [0.05, 0.1) is 0 Å². The van der Waals surface area contributed by atoms with Crippen LogP contribution in [0.2, 0.25) is 0 Å². The van der Waals surface area contributed by atoms with Crippen molar-refractivity contribution in [2.24, 2.45) is 5.73 Å². The molecule has 0 aromatic carbocycles. The van der Waals surface area contributed by atoms with Gasteiger partial charge in [-0.1, -0.05) is 11.6 Å². The number of carbonyl (C=O) groups is 1. The fraction of sp³-hybridized carbons (Fsp3) is 0.400. The second-order valence-corrected chi connectivity index (χ2v) is 2.68. The summed E-state index contributed by atoms with van der Waals surface area (Å²) in [4.78, 5) is 11.0. The molecular weight excluding hydrogens is 211 g/mol. The van der Waals surface area contributed by atoms with Crippen molar-refractivity contribution < 1.29 is 18.0 Å². The molecule has 8 heteroatoms. The highest BCUT2D eigenvalue weighted by Crippen LogP contribution is 2.31. The lowest BCUT2D eigenvalue weighted by Gasteiger charge is -2.22. The third kappa shape index (κ3) is 1.97. The molecule has 0 aliphatic carbocycles. The van der Waals surface area contributed by atoms with Crippen LogP contribution in [0.25, 0.3) is 0 Å². The molecule has 1 heterocycles. The topological polar surface area (TPSA) is 49.6 Å². The van der Waals surface area contributed by atoms with Gasteiger partial charge in [0.15, 0.2) is 0 Å². The first kappa shape index (κ1) is 9.97. The highest BCUT2D eigenvalue weighted by molar-refractivity contribution is 6.29. The van der Waals surface area contributed by atoms with Crippen molar-refractivity contribution in [2.75, 3.05) is 6.67 Å². The van der Waals surface area contributed by atoms with E-state index in [2.05, 4.69) is 0 Å². The fourth-order valence-electron chi connectivity index (χ4n) is 0.794. The Morgan fingerprint density at radius 3 is 2.38 bits per heavy atom. The van der Waals surface area contributed by atoms with Gasteiger partial charge >= 0.3 is 12.3 Å². The Kier molecular flexibility index (Phi) is 2.29. The Labute approximate surface area is 76.3 Å². The summed E-state index contributed by atoms with van der Waals surface area (Å²) in [5, 5.41) is -0.577. The van der Waals surface area contributed by atoms with E-state index in [0.717, 1.165) is 6.20 Å². The van der Waals surface area contributed by atoms with Crippen molar-refractivity contribution in [3.63, 3.8) is 0 Å². The van der Waals surface area contributed by atoms with Gasteiger partial charge in [-0.05, 0) is 0 Å². The number of halogens is 4. The number of carbonyl (C=O) groups excluding carboxylic acids is 1. The van der Waals surface area contributed by atoms with Crippen LogP contribution in [-0.2, 0) is 0 Å². The molecule has 13 heavy (non-hydrogen) atoms. The Hall–Kier alpha value is -1.11. The minimum absolute atomic E-state index is 0.0979. The molecule has 0 aromatic rings. The molecule has 0 unspecified atom stereocenters. The number of amides is 2. The van der Waals surface area contributed by atoms with E-state index in [4.69, 9.17) is 17.3 Å². The lowest BCUT2D eigenvalue weighted by atomic mass is 10.8. The molecule has 4 nitrogen and oxygen atoms in total. The molecule has 0 saturated carbocycles. The van der Waals surface area contributed by atoms with Crippen molar-refractivity contribution in [1.82, 2.24) is 9.80 Å². The Balaban J connectivity index is 2.78. The van der Waals surface area contributed by atoms with Crippen molar-refractivity contribution in [3.8, 4) is 0 Å². The summed E-state index contributed by atoms with van der Waals surface area (Å²) >= 11 is 5.22. The van der Waals surface area contributed by atoms with Crippen LogP contribution in [0, 0.1) is 0 Å². The molecule has 0 spiro atoms. The molecule has 74 valence electrons. The van der Waals surface area contributed by atoms with Crippen LogP contribution in [0.5, 0.6) is 0 Å². The first-order chi connectivity index (χ1) is 5.82. The second kappa shape index (κ2) is 2.99. The average Bonchev–Trinajstić information content (AvgIpc) is 2.29. The average molecular weight is 216 g/mol. The number of primary amides is 1. The Bertz CT molecular complexity index is 264. The SMILES string of the molecule is NC(=O)N1C=C(Cl)N(C(F)(F)F)C1. The van der Waals surface area contributed by atoms with Crippen LogP contribution in [-0.4, -0.2) is 28.8 Å². The molecule has 1 rings (SSSR count). The van der Waals surface area contributed by atoms with E-state index in [1.807, 2.05) is 0 Å². The highest BCUT2D eigenvalue weighted by Gasteiger charge is 2.42. The summed E-state index contributed by atoms with van der Waals surface area (Å²) in [5.74, 6) is 0. The second-order valence-electron chi connectivity index (χ2n) is 2.30. The molecule has 0 fully saturated rings. The largest absolute Gasteiger partial charge is 0.487 e. The predicted octanol–water partition coefficient (Wildman–Crippen LogP) is 1.20. The minimum Gasteiger partial charge on any atom is -0.351 e. The zero-order valence-electron chi connectivity index (χ0n) is 6.18. The van der Waals surface area contributed by atoms with Crippen molar-refractivity contribution in [1.29, 1.82) is 0 Å². The van der Waals surface area contributed by atoms with E-state index < -0.39 is 24.2 Å². The summed E-state index contributed by atoms with van der Waals surface area (Å²) in [6, 6.07) is -0.982. The summed E-state index contributed by atoms with van der Waals surface area (Å²) in [7, 11) is 0. The van der Waals surface area contributed by atoms with Crippen molar-refractivity contribution >= 4 is 17.6 Å². The molecule has 1 aliphatic heterocycles. The predicted molar refractivity (Wildman–Crippen MR) is 38.1 cm³/mol. The van der Waals surface area contributed by atoms with Gasteiger partial charge in [-0.15, -0.1) is 13.2 Å². The first-order valence-corrected chi connectivity index (χ1v) is 3.48. The number of rotatable bonds is 0. The third-order valence-electron chi connectivity index (χ3n) is 1.40. The van der Waals surface area contributed by atoms with E-state index >= 15 is 0 Å². The van der Waals surface area contributed by atoms with Crippen LogP contribution < -0.4 is 5.73 Å². The molecule has 0 atom stereocenters. The van der Waals surface area contributed by atoms with Gasteiger partial charge in [0, 0.05) is 6.20 Å². The molecule has 0 bridgehead atoms. The number of urea groups is 1. The van der Waals surface area contributed by atoms with Crippen LogP contribution in [0.4, 0.5) is 18.0 Å². The molecular formula is C5H5ClF3N3O. The van der Waals surface area contributed by atoms with Gasteiger partial charge in [-0.3, -0.25) is 9.80 Å². The number of nitrogens with zero attached hydrogens (tertiary/aromatic N) is 2. The fourth-order valence-corrected chi connectivity index (χ4v) is 1.06. The quantitative estimate of drug-likeness (QED) is 0.618. The zero-order valence-corrected chi connectivity index (χ0v) is 6.93. The highest BCUT2D eigenvalue weighted by atomic mass is 35.5. The lowest BCUT2D eigenvalue weighted by Crippen LogP contribution is -2.40. The van der Waals surface area contributed by atoms with Crippen LogP contribution in [0.15, 0.2) is 11.4 Å². The van der Waals surface area contributed by atoms with E-state index in [1.165, 1.54) is 0 Å². The lowest BCUT2D eigenvalue weighted by molar-refractivity contribution is -0.230. The van der Waals surface area contributed by atoms with E-state index in [1.54, 1.807) is 0 Å². The minimum atomic E-state index is -4.60. The molecule has 2 amide bonds. The molecule has 0 radical (unpaired) electrons. The van der Waals surface area contributed by atoms with Crippen LogP contribution >= 0.6 is 11.6 Å². The number of hydrogen-bond acceptors (Lipinski definition) is 2. The Morgan fingerprint density at radius 1 is 1.62 bits per heavy atom. The summed E-state index contributed by atoms with van der Waals surface area (Å²) in [6.07, 6.45) is -3.77. The van der Waals surface area contributed by atoms with Gasteiger partial charge in [0.2, 0.25) is 0 Å². The number of nitrogens with two attached hydrogens (primary N) is 1. The van der Waals surface area contributed by atoms with Gasteiger partial charge in [0.25, 0.3) is 0 Å².